The van der Waals surface area contributed by atoms with Gasteiger partial charge in [0.05, 0.1) is 0 Å². The number of amides is 1. The second kappa shape index (κ2) is 6.55. The zero-order valence-corrected chi connectivity index (χ0v) is 11.7. The van der Waals surface area contributed by atoms with Crippen LogP contribution >= 0.6 is 0 Å². The summed E-state index contributed by atoms with van der Waals surface area (Å²) in [7, 11) is 0. The van der Waals surface area contributed by atoms with Gasteiger partial charge in [0.2, 0.25) is 5.91 Å². The summed E-state index contributed by atoms with van der Waals surface area (Å²) in [5, 5.41) is 3.17. The quantitative estimate of drug-likeness (QED) is 0.810. The highest BCUT2D eigenvalue weighted by molar-refractivity contribution is 5.78. The van der Waals surface area contributed by atoms with Gasteiger partial charge in [0.25, 0.3) is 0 Å². The number of nitrogens with two attached hydrogens (primary N) is 1. The molecule has 2 aliphatic carbocycles. The Morgan fingerprint density at radius 3 is 2.67 bits per heavy atom. The van der Waals surface area contributed by atoms with Crippen molar-refractivity contribution < 1.29 is 4.79 Å². The van der Waals surface area contributed by atoms with Crippen LogP contribution in [-0.4, -0.2) is 18.5 Å². The Morgan fingerprint density at radius 1 is 1.17 bits per heavy atom. The summed E-state index contributed by atoms with van der Waals surface area (Å²) in [4.78, 5) is 12.1. The van der Waals surface area contributed by atoms with Crippen LogP contribution in [-0.2, 0) is 4.79 Å². The molecule has 1 amide bonds. The van der Waals surface area contributed by atoms with Crippen LogP contribution in [0.25, 0.3) is 0 Å². The van der Waals surface area contributed by atoms with E-state index in [2.05, 4.69) is 12.2 Å². The van der Waals surface area contributed by atoms with E-state index in [1.807, 2.05) is 0 Å². The molecule has 3 nitrogen and oxygen atoms in total. The minimum atomic E-state index is 0.176. The lowest BCUT2D eigenvalue weighted by Gasteiger charge is -2.29. The van der Waals surface area contributed by atoms with Crippen LogP contribution < -0.4 is 11.1 Å². The van der Waals surface area contributed by atoms with Crippen LogP contribution in [0.3, 0.4) is 0 Å². The van der Waals surface area contributed by atoms with E-state index in [9.17, 15) is 4.79 Å². The Bertz CT molecular complexity index is 280. The standard InChI is InChI=1S/C15H28N2O/c1-11-4-2-5-12(8-11)10-17-15(18)13-6-3-7-14(16)9-13/h11-14H,2-10,16H2,1H3,(H,17,18). The molecule has 4 unspecified atom stereocenters. The predicted molar refractivity (Wildman–Crippen MR) is 74.1 cm³/mol. The molecule has 18 heavy (non-hydrogen) atoms. The van der Waals surface area contributed by atoms with E-state index < -0.39 is 0 Å². The van der Waals surface area contributed by atoms with Crippen molar-refractivity contribution in [3.63, 3.8) is 0 Å². The van der Waals surface area contributed by atoms with Crippen LogP contribution in [0, 0.1) is 17.8 Å². The third kappa shape index (κ3) is 3.98. The average molecular weight is 252 g/mol. The lowest BCUT2D eigenvalue weighted by molar-refractivity contribution is -0.126. The first-order chi connectivity index (χ1) is 8.65. The van der Waals surface area contributed by atoms with E-state index >= 15 is 0 Å². The molecule has 3 N–H and O–H groups in total. The fraction of sp³-hybridized carbons (Fsp3) is 0.933. The van der Waals surface area contributed by atoms with Gasteiger partial charge in [-0.05, 0) is 43.9 Å². The molecule has 104 valence electrons. The smallest absolute Gasteiger partial charge is 0.223 e. The monoisotopic (exact) mass is 252 g/mol. The van der Waals surface area contributed by atoms with Crippen molar-refractivity contribution >= 4 is 5.91 Å². The molecule has 0 bridgehead atoms. The van der Waals surface area contributed by atoms with Gasteiger partial charge in [-0.25, -0.2) is 0 Å². The summed E-state index contributed by atoms with van der Waals surface area (Å²) in [5.74, 6) is 1.97. The van der Waals surface area contributed by atoms with E-state index in [-0.39, 0.29) is 17.9 Å². The lowest BCUT2D eigenvalue weighted by Crippen LogP contribution is -2.40. The normalized spacial score (nSPS) is 37.2. The lowest BCUT2D eigenvalue weighted by atomic mass is 9.82. The molecule has 4 atom stereocenters. The van der Waals surface area contributed by atoms with E-state index in [4.69, 9.17) is 5.73 Å². The van der Waals surface area contributed by atoms with Gasteiger partial charge >= 0.3 is 0 Å². The molecule has 0 heterocycles. The van der Waals surface area contributed by atoms with Crippen molar-refractivity contribution in [1.29, 1.82) is 0 Å². The minimum absolute atomic E-state index is 0.176. The first-order valence-corrected chi connectivity index (χ1v) is 7.68. The van der Waals surface area contributed by atoms with E-state index in [1.165, 1.54) is 25.7 Å². The Kier molecular flexibility index (Phi) is 5.04. The van der Waals surface area contributed by atoms with Crippen molar-refractivity contribution in [2.45, 2.75) is 64.3 Å². The third-order valence-corrected chi connectivity index (χ3v) is 4.70. The molecule has 0 radical (unpaired) electrons. The van der Waals surface area contributed by atoms with E-state index in [0.29, 0.717) is 5.92 Å². The third-order valence-electron chi connectivity index (χ3n) is 4.70. The van der Waals surface area contributed by atoms with Crippen molar-refractivity contribution in [2.75, 3.05) is 6.54 Å². The molecule has 2 fully saturated rings. The zero-order valence-electron chi connectivity index (χ0n) is 11.7. The molecule has 0 aromatic rings. The number of rotatable bonds is 3. The molecule has 3 heteroatoms. The van der Waals surface area contributed by atoms with Crippen LogP contribution in [0.5, 0.6) is 0 Å². The van der Waals surface area contributed by atoms with Crippen molar-refractivity contribution in [1.82, 2.24) is 5.32 Å². The van der Waals surface area contributed by atoms with Crippen molar-refractivity contribution in [3.05, 3.63) is 0 Å². The van der Waals surface area contributed by atoms with Gasteiger partial charge in [-0.3, -0.25) is 4.79 Å². The van der Waals surface area contributed by atoms with Gasteiger partial charge in [0, 0.05) is 18.5 Å². The fourth-order valence-corrected chi connectivity index (χ4v) is 3.60. The summed E-state index contributed by atoms with van der Waals surface area (Å²) < 4.78 is 0. The van der Waals surface area contributed by atoms with Gasteiger partial charge in [-0.2, -0.15) is 0 Å². The first-order valence-electron chi connectivity index (χ1n) is 7.68. The summed E-state index contributed by atoms with van der Waals surface area (Å²) >= 11 is 0. The topological polar surface area (TPSA) is 55.1 Å². The van der Waals surface area contributed by atoms with Gasteiger partial charge < -0.3 is 11.1 Å². The Hall–Kier alpha value is -0.570. The molecule has 0 spiro atoms. The maximum absolute atomic E-state index is 12.1. The summed E-state index contributed by atoms with van der Waals surface area (Å²) in [6, 6.07) is 0.240. The number of hydrogen-bond donors (Lipinski definition) is 2. The van der Waals surface area contributed by atoms with Gasteiger partial charge in [0.1, 0.15) is 0 Å². The minimum Gasteiger partial charge on any atom is -0.356 e. The van der Waals surface area contributed by atoms with Crippen molar-refractivity contribution in [3.8, 4) is 0 Å². The molecule has 2 rings (SSSR count). The summed E-state index contributed by atoms with van der Waals surface area (Å²) in [6.07, 6.45) is 9.37. The number of carbonyl (C=O) groups is 1. The van der Waals surface area contributed by atoms with Crippen molar-refractivity contribution in [2.24, 2.45) is 23.5 Å². The highest BCUT2D eigenvalue weighted by Gasteiger charge is 2.26. The molecule has 0 aromatic heterocycles. The fourth-order valence-electron chi connectivity index (χ4n) is 3.60. The number of carbonyl (C=O) groups excluding carboxylic acids is 1. The van der Waals surface area contributed by atoms with Crippen LogP contribution in [0.2, 0.25) is 0 Å². The molecular weight excluding hydrogens is 224 g/mol. The second-order valence-electron chi connectivity index (χ2n) is 6.51. The largest absolute Gasteiger partial charge is 0.356 e. The molecule has 2 saturated carbocycles. The number of nitrogens with one attached hydrogen (secondary N) is 1. The SMILES string of the molecule is CC1CCCC(CNC(=O)C2CCCC(N)C2)C1. The molecule has 2 aliphatic rings. The predicted octanol–water partition coefficient (Wildman–Crippen LogP) is 2.45. The average Bonchev–Trinajstić information content (AvgIpc) is 2.36. The van der Waals surface area contributed by atoms with Gasteiger partial charge in [-0.15, -0.1) is 0 Å². The summed E-state index contributed by atoms with van der Waals surface area (Å²) in [6.45, 7) is 3.21. The Labute approximate surface area is 111 Å². The first kappa shape index (κ1) is 13.9. The molecule has 0 saturated heterocycles. The number of hydrogen-bond acceptors (Lipinski definition) is 2. The second-order valence-corrected chi connectivity index (χ2v) is 6.51. The maximum atomic E-state index is 12.1. The molecule has 0 aliphatic heterocycles. The van der Waals surface area contributed by atoms with Crippen LogP contribution in [0.15, 0.2) is 0 Å². The van der Waals surface area contributed by atoms with E-state index in [1.54, 1.807) is 0 Å². The maximum Gasteiger partial charge on any atom is 0.223 e. The van der Waals surface area contributed by atoms with Gasteiger partial charge in [-0.1, -0.05) is 26.2 Å². The van der Waals surface area contributed by atoms with Gasteiger partial charge in [0.15, 0.2) is 0 Å². The summed E-state index contributed by atoms with van der Waals surface area (Å²) in [5.41, 5.74) is 5.94. The molecule has 0 aromatic carbocycles. The van der Waals surface area contributed by atoms with Crippen LogP contribution in [0.1, 0.15) is 58.3 Å². The Morgan fingerprint density at radius 2 is 1.94 bits per heavy atom. The Balaban J connectivity index is 1.70. The highest BCUT2D eigenvalue weighted by Crippen LogP contribution is 2.28. The van der Waals surface area contributed by atoms with E-state index in [0.717, 1.165) is 38.1 Å². The highest BCUT2D eigenvalue weighted by atomic mass is 16.1. The zero-order chi connectivity index (χ0) is 13.0. The molecular formula is C15H28N2O. The van der Waals surface area contributed by atoms with Crippen LogP contribution in [0.4, 0.5) is 0 Å².